The average Bonchev–Trinajstić information content (AvgIpc) is 3.12. The Balaban J connectivity index is 0.00000364. The van der Waals surface area contributed by atoms with Gasteiger partial charge < -0.3 is 24.8 Å². The molecule has 0 spiro atoms. The van der Waals surface area contributed by atoms with E-state index in [1.54, 1.807) is 13.1 Å². The quantitative estimate of drug-likeness (QED) is 0.313. The number of halogens is 4. The first kappa shape index (κ1) is 24.1. The minimum atomic E-state index is -2.90. The normalized spacial score (nSPS) is 18.1. The number of alkyl halides is 2. The van der Waals surface area contributed by atoms with Crippen LogP contribution in [0.3, 0.4) is 0 Å². The molecule has 0 bridgehead atoms. The zero-order chi connectivity index (χ0) is 18.9. The van der Waals surface area contributed by atoms with E-state index in [1.807, 2.05) is 6.92 Å². The maximum Gasteiger partial charge on any atom is 0.387 e. The fourth-order valence-electron chi connectivity index (χ4n) is 2.47. The van der Waals surface area contributed by atoms with Crippen LogP contribution in [0.4, 0.5) is 8.78 Å². The summed E-state index contributed by atoms with van der Waals surface area (Å²) < 4.78 is 40.6. The van der Waals surface area contributed by atoms with Crippen LogP contribution < -0.4 is 15.4 Å². The van der Waals surface area contributed by atoms with Crippen molar-refractivity contribution in [2.75, 3.05) is 26.9 Å². The van der Waals surface area contributed by atoms with Gasteiger partial charge in [0.05, 0.1) is 19.3 Å². The monoisotopic (exact) mass is 519 g/mol. The van der Waals surface area contributed by atoms with Crippen LogP contribution in [0.5, 0.6) is 5.75 Å². The maximum absolute atomic E-state index is 12.5. The lowest BCUT2D eigenvalue weighted by Gasteiger charge is -2.20. The first-order valence-electron chi connectivity index (χ1n) is 8.37. The lowest BCUT2D eigenvalue weighted by molar-refractivity contribution is -0.0504. The Morgan fingerprint density at radius 2 is 2.22 bits per heavy atom. The summed E-state index contributed by atoms with van der Waals surface area (Å²) in [4.78, 5) is 4.13. The topological polar surface area (TPSA) is 64.1 Å². The van der Waals surface area contributed by atoms with E-state index in [0.717, 1.165) is 13.0 Å². The van der Waals surface area contributed by atoms with Crippen LogP contribution in [0, 0.1) is 0 Å². The molecule has 27 heavy (non-hydrogen) atoms. The van der Waals surface area contributed by atoms with Crippen molar-refractivity contribution in [2.24, 2.45) is 4.99 Å². The molecule has 1 fully saturated rings. The highest BCUT2D eigenvalue weighted by atomic mass is 127. The molecule has 6 nitrogen and oxygen atoms in total. The summed E-state index contributed by atoms with van der Waals surface area (Å²) in [6.07, 6.45) is 1.04. The molecule has 1 aromatic carbocycles. The summed E-state index contributed by atoms with van der Waals surface area (Å²) in [5.41, 5.74) is 0.507. The van der Waals surface area contributed by atoms with Gasteiger partial charge in [-0.05, 0) is 31.5 Å². The van der Waals surface area contributed by atoms with E-state index in [1.165, 1.54) is 12.1 Å². The second-order valence-electron chi connectivity index (χ2n) is 5.92. The van der Waals surface area contributed by atoms with E-state index < -0.39 is 6.61 Å². The van der Waals surface area contributed by atoms with E-state index in [-0.39, 0.29) is 48.4 Å². The average molecular weight is 520 g/mol. The van der Waals surface area contributed by atoms with Crippen molar-refractivity contribution in [1.82, 2.24) is 10.6 Å². The number of hydrogen-bond donors (Lipinski definition) is 2. The van der Waals surface area contributed by atoms with Crippen molar-refractivity contribution in [3.63, 3.8) is 0 Å². The molecule has 2 N–H and O–H groups in total. The molecular weight excluding hydrogens is 495 g/mol. The lowest BCUT2D eigenvalue weighted by atomic mass is 10.2. The van der Waals surface area contributed by atoms with Crippen LogP contribution in [0.2, 0.25) is 5.02 Å². The number of guanidine groups is 1. The summed E-state index contributed by atoms with van der Waals surface area (Å²) >= 11 is 5.95. The van der Waals surface area contributed by atoms with Gasteiger partial charge >= 0.3 is 6.61 Å². The Bertz CT molecular complexity index is 605. The van der Waals surface area contributed by atoms with Gasteiger partial charge in [0.25, 0.3) is 0 Å². The molecule has 10 heteroatoms. The Hall–Kier alpha value is -0.910. The molecule has 1 aliphatic rings. The molecule has 2 rings (SSSR count). The molecule has 2 atom stereocenters. The molecule has 0 aromatic heterocycles. The number of nitrogens with one attached hydrogen (secondary N) is 2. The minimum Gasteiger partial charge on any atom is -0.434 e. The Labute approximate surface area is 180 Å². The highest BCUT2D eigenvalue weighted by molar-refractivity contribution is 14.0. The standard InChI is InChI=1S/C17H24ClF2N3O3.HI/c1-11(9-25-14-5-6-24-10-14)23-17(21-2)22-8-12-7-13(18)3-4-15(12)26-16(19)20;/h3-4,7,11,14,16H,5-6,8-10H2,1-2H3,(H2,21,22,23);1H. The molecule has 1 saturated heterocycles. The van der Waals surface area contributed by atoms with Gasteiger partial charge in [-0.1, -0.05) is 11.6 Å². The molecule has 1 aromatic rings. The molecule has 154 valence electrons. The first-order valence-corrected chi connectivity index (χ1v) is 8.75. The third kappa shape index (κ3) is 8.75. The van der Waals surface area contributed by atoms with E-state index in [9.17, 15) is 8.78 Å². The van der Waals surface area contributed by atoms with Gasteiger partial charge in [0, 0.05) is 36.8 Å². The van der Waals surface area contributed by atoms with E-state index >= 15 is 0 Å². The van der Waals surface area contributed by atoms with Gasteiger partial charge in [-0.2, -0.15) is 8.78 Å². The Morgan fingerprint density at radius 3 is 2.85 bits per heavy atom. The van der Waals surface area contributed by atoms with E-state index in [0.29, 0.717) is 29.8 Å². The number of aliphatic imine (C=N–C) groups is 1. The van der Waals surface area contributed by atoms with E-state index in [2.05, 4.69) is 20.4 Å². The predicted octanol–water partition coefficient (Wildman–Crippen LogP) is 3.42. The van der Waals surface area contributed by atoms with Gasteiger partial charge in [-0.25, -0.2) is 0 Å². The molecule has 2 unspecified atom stereocenters. The fourth-order valence-corrected chi connectivity index (χ4v) is 2.67. The van der Waals surface area contributed by atoms with Crippen molar-refractivity contribution < 1.29 is 23.0 Å². The van der Waals surface area contributed by atoms with Crippen molar-refractivity contribution in [3.8, 4) is 5.75 Å². The van der Waals surface area contributed by atoms with Gasteiger partial charge in [0.15, 0.2) is 5.96 Å². The fraction of sp³-hybridized carbons (Fsp3) is 0.588. The van der Waals surface area contributed by atoms with Crippen LogP contribution in [-0.4, -0.2) is 51.6 Å². The highest BCUT2D eigenvalue weighted by Crippen LogP contribution is 2.24. The largest absolute Gasteiger partial charge is 0.434 e. The van der Waals surface area contributed by atoms with Crippen molar-refractivity contribution >= 4 is 41.5 Å². The van der Waals surface area contributed by atoms with Gasteiger partial charge in [0.2, 0.25) is 0 Å². The van der Waals surface area contributed by atoms with Crippen LogP contribution in [-0.2, 0) is 16.0 Å². The Kier molecular flexibility index (Phi) is 11.2. The second kappa shape index (κ2) is 12.5. The Morgan fingerprint density at radius 1 is 1.44 bits per heavy atom. The van der Waals surface area contributed by atoms with Crippen molar-refractivity contribution in [3.05, 3.63) is 28.8 Å². The van der Waals surface area contributed by atoms with Crippen LogP contribution in [0.25, 0.3) is 0 Å². The van der Waals surface area contributed by atoms with Gasteiger partial charge in [0.1, 0.15) is 5.75 Å². The zero-order valence-electron chi connectivity index (χ0n) is 15.2. The summed E-state index contributed by atoms with van der Waals surface area (Å²) in [5.74, 6) is 0.594. The number of hydrogen-bond acceptors (Lipinski definition) is 4. The molecular formula is C17H25ClF2IN3O3. The lowest BCUT2D eigenvalue weighted by Crippen LogP contribution is -2.44. The SMILES string of the molecule is CN=C(NCc1cc(Cl)ccc1OC(F)F)NC(C)COC1CCOC1.I. The maximum atomic E-state index is 12.5. The summed E-state index contributed by atoms with van der Waals surface area (Å²) in [5, 5.41) is 6.68. The highest BCUT2D eigenvalue weighted by Gasteiger charge is 2.17. The molecule has 0 amide bonds. The van der Waals surface area contributed by atoms with Gasteiger partial charge in [-0.3, -0.25) is 4.99 Å². The molecule has 0 saturated carbocycles. The second-order valence-corrected chi connectivity index (χ2v) is 6.36. The molecule has 1 heterocycles. The third-order valence-electron chi connectivity index (χ3n) is 3.76. The van der Waals surface area contributed by atoms with E-state index in [4.69, 9.17) is 21.1 Å². The van der Waals surface area contributed by atoms with Crippen LogP contribution in [0.15, 0.2) is 23.2 Å². The number of nitrogens with zero attached hydrogens (tertiary/aromatic N) is 1. The zero-order valence-corrected chi connectivity index (χ0v) is 18.3. The summed E-state index contributed by atoms with van der Waals surface area (Å²) in [7, 11) is 1.63. The molecule has 1 aliphatic heterocycles. The molecule has 0 radical (unpaired) electrons. The van der Waals surface area contributed by atoms with Crippen molar-refractivity contribution in [1.29, 1.82) is 0 Å². The van der Waals surface area contributed by atoms with Gasteiger partial charge in [-0.15, -0.1) is 24.0 Å². The van der Waals surface area contributed by atoms with Crippen LogP contribution in [0.1, 0.15) is 18.9 Å². The van der Waals surface area contributed by atoms with Crippen molar-refractivity contribution in [2.45, 2.75) is 38.6 Å². The molecule has 0 aliphatic carbocycles. The summed E-state index contributed by atoms with van der Waals surface area (Å²) in [6, 6.07) is 4.51. The first-order chi connectivity index (χ1) is 12.5. The number of rotatable bonds is 8. The predicted molar refractivity (Wildman–Crippen MR) is 111 cm³/mol. The third-order valence-corrected chi connectivity index (χ3v) is 4.00. The minimum absolute atomic E-state index is 0. The smallest absolute Gasteiger partial charge is 0.387 e. The summed E-state index contributed by atoms with van der Waals surface area (Å²) in [6.45, 7) is 1.16. The number of benzene rings is 1. The van der Waals surface area contributed by atoms with Crippen LogP contribution >= 0.6 is 35.6 Å². The number of ether oxygens (including phenoxy) is 3.